The lowest BCUT2D eigenvalue weighted by atomic mass is 10.1. The fourth-order valence-corrected chi connectivity index (χ4v) is 3.38. The number of nitrogens with zero attached hydrogens (tertiary/aromatic N) is 4. The number of aromatic nitrogens is 2. The van der Waals surface area contributed by atoms with E-state index < -0.39 is 0 Å². The lowest BCUT2D eigenvalue weighted by Gasteiger charge is -2.36. The lowest BCUT2D eigenvalue weighted by Crippen LogP contribution is -2.53. The summed E-state index contributed by atoms with van der Waals surface area (Å²) in [7, 11) is 0. The Morgan fingerprint density at radius 1 is 1.20 bits per heavy atom. The Morgan fingerprint density at radius 2 is 2.12 bits per heavy atom. The first-order chi connectivity index (χ1) is 12.2. The zero-order valence-corrected chi connectivity index (χ0v) is 13.6. The summed E-state index contributed by atoms with van der Waals surface area (Å²) in [5.41, 5.74) is 1.37. The monoisotopic (exact) mass is 338 g/mol. The van der Waals surface area contributed by atoms with Crippen LogP contribution in [0.15, 0.2) is 48.9 Å². The number of carbonyl (C=O) groups is 2. The van der Waals surface area contributed by atoms with Crippen LogP contribution in [0.1, 0.15) is 16.1 Å². The van der Waals surface area contributed by atoms with E-state index in [1.807, 2.05) is 18.2 Å². The number of carbonyl (C=O) groups excluding carboxylic acids is 2. The van der Waals surface area contributed by atoms with Crippen LogP contribution in [0.3, 0.4) is 0 Å². The van der Waals surface area contributed by atoms with Gasteiger partial charge in [0.2, 0.25) is 5.91 Å². The van der Waals surface area contributed by atoms with Crippen molar-refractivity contribution in [2.75, 3.05) is 19.7 Å². The quantitative estimate of drug-likeness (QED) is 0.825. The third kappa shape index (κ3) is 3.10. The summed E-state index contributed by atoms with van der Waals surface area (Å²) in [6.45, 7) is 1.41. The Morgan fingerprint density at radius 3 is 2.88 bits per heavy atom. The van der Waals surface area contributed by atoms with E-state index in [0.717, 1.165) is 5.69 Å². The first-order valence-corrected chi connectivity index (χ1v) is 8.22. The molecule has 25 heavy (non-hydrogen) atoms. The highest BCUT2D eigenvalue weighted by Gasteiger charge is 2.44. The topological polar surface area (TPSA) is 75.6 Å². The van der Waals surface area contributed by atoms with Gasteiger partial charge >= 0.3 is 0 Å². The highest BCUT2D eigenvalue weighted by Crippen LogP contribution is 2.26. The van der Waals surface area contributed by atoms with Crippen LogP contribution in [0.25, 0.3) is 0 Å². The van der Waals surface area contributed by atoms with Crippen LogP contribution in [0, 0.1) is 0 Å². The molecule has 2 saturated heterocycles. The predicted molar refractivity (Wildman–Crippen MR) is 88.5 cm³/mol. The molecule has 4 heterocycles. The maximum absolute atomic E-state index is 12.7. The summed E-state index contributed by atoms with van der Waals surface area (Å²) in [4.78, 5) is 36.8. The Hall–Kier alpha value is -2.80. The van der Waals surface area contributed by atoms with E-state index in [4.69, 9.17) is 4.74 Å². The van der Waals surface area contributed by atoms with E-state index >= 15 is 0 Å². The highest BCUT2D eigenvalue weighted by atomic mass is 16.5. The first kappa shape index (κ1) is 15.7. The van der Waals surface area contributed by atoms with Gasteiger partial charge in [-0.2, -0.15) is 0 Å². The zero-order chi connectivity index (χ0) is 17.2. The van der Waals surface area contributed by atoms with Gasteiger partial charge in [0.05, 0.1) is 29.9 Å². The summed E-state index contributed by atoms with van der Waals surface area (Å²) < 4.78 is 5.68. The van der Waals surface area contributed by atoms with Crippen LogP contribution >= 0.6 is 0 Å². The third-order valence-corrected chi connectivity index (χ3v) is 4.63. The standard InChI is InChI=1S/C18H18N4O3/c23-17-12-25-16-11-21(18(24)13-4-3-6-19-8-13)10-15(16)22(17)9-14-5-1-2-7-20-14/h1-8,15-16H,9-12H2/t15-,16+/m1/s1. The molecule has 7 heteroatoms. The molecule has 2 amide bonds. The molecule has 0 N–H and O–H groups in total. The van der Waals surface area contributed by atoms with Gasteiger partial charge in [-0.05, 0) is 24.3 Å². The van der Waals surface area contributed by atoms with Crippen molar-refractivity contribution in [1.29, 1.82) is 0 Å². The van der Waals surface area contributed by atoms with E-state index in [-0.39, 0.29) is 30.6 Å². The van der Waals surface area contributed by atoms with Gasteiger partial charge in [0.15, 0.2) is 0 Å². The molecule has 2 fully saturated rings. The summed E-state index contributed by atoms with van der Waals surface area (Å²) in [6, 6.07) is 8.97. The molecular formula is C18H18N4O3. The van der Waals surface area contributed by atoms with Gasteiger partial charge in [0.25, 0.3) is 5.91 Å². The summed E-state index contributed by atoms with van der Waals surface area (Å²) >= 11 is 0. The van der Waals surface area contributed by atoms with Crippen LogP contribution in [0.2, 0.25) is 0 Å². The molecule has 128 valence electrons. The van der Waals surface area contributed by atoms with Gasteiger partial charge in [-0.15, -0.1) is 0 Å². The minimum absolute atomic E-state index is 0.0446. The SMILES string of the molecule is O=C(c1cccnc1)N1C[C@@H]2OCC(=O)N(Cc3ccccn3)[C@@H]2C1. The van der Waals surface area contributed by atoms with Crippen LogP contribution in [-0.4, -0.2) is 63.4 Å². The first-order valence-electron chi connectivity index (χ1n) is 8.22. The van der Waals surface area contributed by atoms with Crippen molar-refractivity contribution in [3.05, 3.63) is 60.2 Å². The largest absolute Gasteiger partial charge is 0.364 e. The molecule has 0 aliphatic carbocycles. The Labute approximate surface area is 145 Å². The molecule has 0 bridgehead atoms. The van der Waals surface area contributed by atoms with E-state index in [1.165, 1.54) is 0 Å². The molecule has 2 aromatic heterocycles. The third-order valence-electron chi connectivity index (χ3n) is 4.63. The number of morpholine rings is 1. The van der Waals surface area contributed by atoms with Gasteiger partial charge in [-0.1, -0.05) is 6.07 Å². The minimum atomic E-state index is -0.165. The molecule has 0 unspecified atom stereocenters. The van der Waals surface area contributed by atoms with Crippen molar-refractivity contribution < 1.29 is 14.3 Å². The predicted octanol–water partition coefficient (Wildman–Crippen LogP) is 0.729. The molecule has 2 atom stereocenters. The second-order valence-electron chi connectivity index (χ2n) is 6.21. The van der Waals surface area contributed by atoms with Crippen LogP contribution < -0.4 is 0 Å². The smallest absolute Gasteiger partial charge is 0.255 e. The van der Waals surface area contributed by atoms with E-state index in [1.54, 1.807) is 40.5 Å². The molecule has 0 radical (unpaired) electrons. The fraction of sp³-hybridized carbons (Fsp3) is 0.333. The Bertz CT molecular complexity index is 768. The van der Waals surface area contributed by atoms with Crippen molar-refractivity contribution in [2.45, 2.75) is 18.7 Å². The van der Waals surface area contributed by atoms with Gasteiger partial charge < -0.3 is 14.5 Å². The van der Waals surface area contributed by atoms with Crippen LogP contribution in [0.5, 0.6) is 0 Å². The molecule has 2 aliphatic rings. The number of ether oxygens (including phenoxy) is 1. The fourth-order valence-electron chi connectivity index (χ4n) is 3.38. The van der Waals surface area contributed by atoms with Gasteiger partial charge in [0, 0.05) is 31.7 Å². The van der Waals surface area contributed by atoms with Gasteiger partial charge in [0.1, 0.15) is 6.61 Å². The Balaban J connectivity index is 1.52. The minimum Gasteiger partial charge on any atom is -0.364 e. The highest BCUT2D eigenvalue weighted by molar-refractivity contribution is 5.94. The molecule has 0 aromatic carbocycles. The second-order valence-corrected chi connectivity index (χ2v) is 6.21. The number of hydrogen-bond acceptors (Lipinski definition) is 5. The van der Waals surface area contributed by atoms with Crippen molar-refractivity contribution >= 4 is 11.8 Å². The normalized spacial score (nSPS) is 22.8. The average molecular weight is 338 g/mol. The lowest BCUT2D eigenvalue weighted by molar-refractivity contribution is -0.154. The Kier molecular flexibility index (Phi) is 4.15. The summed E-state index contributed by atoms with van der Waals surface area (Å²) in [6.07, 6.45) is 4.74. The molecule has 2 aromatic rings. The zero-order valence-electron chi connectivity index (χ0n) is 13.6. The van der Waals surface area contributed by atoms with Crippen molar-refractivity contribution in [3.63, 3.8) is 0 Å². The van der Waals surface area contributed by atoms with Crippen molar-refractivity contribution in [1.82, 2.24) is 19.8 Å². The maximum atomic E-state index is 12.7. The number of rotatable bonds is 3. The second kappa shape index (κ2) is 6.60. The van der Waals surface area contributed by atoms with E-state index in [0.29, 0.717) is 25.2 Å². The number of pyridine rings is 2. The van der Waals surface area contributed by atoms with Crippen molar-refractivity contribution in [2.24, 2.45) is 0 Å². The van der Waals surface area contributed by atoms with Crippen molar-refractivity contribution in [3.8, 4) is 0 Å². The van der Waals surface area contributed by atoms with Crippen LogP contribution in [0.4, 0.5) is 0 Å². The average Bonchev–Trinajstić information content (AvgIpc) is 3.10. The van der Waals surface area contributed by atoms with Crippen LogP contribution in [-0.2, 0) is 16.1 Å². The molecule has 0 spiro atoms. The van der Waals surface area contributed by atoms with Gasteiger partial charge in [-0.3, -0.25) is 19.6 Å². The summed E-state index contributed by atoms with van der Waals surface area (Å²) in [5, 5.41) is 0. The summed E-state index contributed by atoms with van der Waals surface area (Å²) in [5.74, 6) is -0.154. The number of hydrogen-bond donors (Lipinski definition) is 0. The molecule has 0 saturated carbocycles. The molecule has 7 nitrogen and oxygen atoms in total. The molecule has 4 rings (SSSR count). The number of fused-ring (bicyclic) bond motifs is 1. The maximum Gasteiger partial charge on any atom is 0.255 e. The number of likely N-dealkylation sites (tertiary alicyclic amines) is 1. The molecular weight excluding hydrogens is 320 g/mol. The van der Waals surface area contributed by atoms with E-state index in [2.05, 4.69) is 9.97 Å². The molecule has 2 aliphatic heterocycles. The van der Waals surface area contributed by atoms with Gasteiger partial charge in [-0.25, -0.2) is 0 Å². The van der Waals surface area contributed by atoms with E-state index in [9.17, 15) is 9.59 Å². The number of amides is 2.